The predicted octanol–water partition coefficient (Wildman–Crippen LogP) is 2.50. The summed E-state index contributed by atoms with van der Waals surface area (Å²) in [6.07, 6.45) is 2.00. The molecule has 2 heterocycles. The number of hydrogen-bond donors (Lipinski definition) is 1. The molecule has 8 heteroatoms. The zero-order valence-electron chi connectivity index (χ0n) is 11.1. The highest BCUT2D eigenvalue weighted by Gasteiger charge is 2.24. The molecule has 1 N–H and O–H groups in total. The normalized spacial score (nSPS) is 11.9. The minimum Gasteiger partial charge on any atom is -0.476 e. The van der Waals surface area contributed by atoms with Crippen LogP contribution < -0.4 is 10.1 Å². The first kappa shape index (κ1) is 14.2. The Balaban J connectivity index is 2.18. The van der Waals surface area contributed by atoms with E-state index in [0.29, 0.717) is 0 Å². The van der Waals surface area contributed by atoms with Crippen LogP contribution in [0.3, 0.4) is 0 Å². The van der Waals surface area contributed by atoms with Crippen LogP contribution in [0.25, 0.3) is 0 Å². The summed E-state index contributed by atoms with van der Waals surface area (Å²) in [7, 11) is 1.34. The maximum Gasteiger partial charge on any atom is 0.372 e. The highest BCUT2D eigenvalue weighted by Crippen LogP contribution is 2.30. The van der Waals surface area contributed by atoms with Gasteiger partial charge < -0.3 is 10.1 Å². The lowest BCUT2D eigenvalue weighted by Crippen LogP contribution is -2.19. The maximum absolute atomic E-state index is 11.1. The van der Waals surface area contributed by atoms with E-state index in [1.807, 2.05) is 23.8 Å². The zero-order chi connectivity index (χ0) is 14.5. The zero-order valence-corrected chi connectivity index (χ0v) is 11.9. The van der Waals surface area contributed by atoms with Gasteiger partial charge >= 0.3 is 5.69 Å². The van der Waals surface area contributed by atoms with Crippen molar-refractivity contribution in [2.75, 3.05) is 12.4 Å². The number of methoxy groups -OCH3 is 1. The molecule has 2 rings (SSSR count). The number of ether oxygens (including phenoxy) is 1. The second kappa shape index (κ2) is 6.29. The highest BCUT2D eigenvalue weighted by atomic mass is 32.1. The average molecular weight is 294 g/mol. The minimum atomic E-state index is -0.543. The summed E-state index contributed by atoms with van der Waals surface area (Å²) in [5.74, 6) is 0.125. The maximum atomic E-state index is 11.1. The second-order valence-electron chi connectivity index (χ2n) is 4.22. The van der Waals surface area contributed by atoms with Crippen molar-refractivity contribution in [2.45, 2.75) is 19.4 Å². The lowest BCUT2D eigenvalue weighted by atomic mass is 10.1. The Labute approximate surface area is 119 Å². The third-order valence-corrected chi connectivity index (χ3v) is 3.40. The van der Waals surface area contributed by atoms with E-state index in [-0.39, 0.29) is 23.4 Å². The van der Waals surface area contributed by atoms with E-state index in [9.17, 15) is 10.1 Å². The fourth-order valence-electron chi connectivity index (χ4n) is 1.83. The standard InChI is InChI=1S/C12H14N4O3S/c1-8(5-9-3-4-20-6-9)15-11-10(16(17)18)12(19-2)14-7-13-11/h3-4,6-8H,5H2,1-2H3,(H,13,14,15). The fourth-order valence-corrected chi connectivity index (χ4v) is 2.51. The number of hydrogen-bond acceptors (Lipinski definition) is 7. The molecule has 0 spiro atoms. The van der Waals surface area contributed by atoms with Gasteiger partial charge in [-0.25, -0.2) is 4.98 Å². The van der Waals surface area contributed by atoms with Crippen LogP contribution in [-0.2, 0) is 6.42 Å². The van der Waals surface area contributed by atoms with E-state index in [0.717, 1.165) is 6.42 Å². The molecular formula is C12H14N4O3S. The van der Waals surface area contributed by atoms with Crippen molar-refractivity contribution in [1.29, 1.82) is 0 Å². The molecule has 1 atom stereocenters. The van der Waals surface area contributed by atoms with Gasteiger partial charge in [-0.15, -0.1) is 0 Å². The van der Waals surface area contributed by atoms with Crippen molar-refractivity contribution < 1.29 is 9.66 Å². The van der Waals surface area contributed by atoms with Gasteiger partial charge in [0.05, 0.1) is 12.0 Å². The molecule has 0 aromatic carbocycles. The van der Waals surface area contributed by atoms with Crippen molar-refractivity contribution in [3.63, 3.8) is 0 Å². The van der Waals surface area contributed by atoms with Crippen molar-refractivity contribution in [3.8, 4) is 5.88 Å². The smallest absolute Gasteiger partial charge is 0.372 e. The number of rotatable bonds is 6. The van der Waals surface area contributed by atoms with E-state index in [1.165, 1.54) is 19.0 Å². The summed E-state index contributed by atoms with van der Waals surface area (Å²) in [5.41, 5.74) is 0.936. The highest BCUT2D eigenvalue weighted by molar-refractivity contribution is 7.07. The summed E-state index contributed by atoms with van der Waals surface area (Å²) in [5, 5.41) is 18.2. The molecule has 0 aliphatic rings. The Morgan fingerprint density at radius 2 is 2.35 bits per heavy atom. The molecule has 0 fully saturated rings. The number of nitrogens with one attached hydrogen (secondary N) is 1. The van der Waals surface area contributed by atoms with Gasteiger partial charge in [0.1, 0.15) is 6.33 Å². The van der Waals surface area contributed by atoms with Gasteiger partial charge in [-0.3, -0.25) is 10.1 Å². The van der Waals surface area contributed by atoms with E-state index in [1.54, 1.807) is 11.3 Å². The van der Waals surface area contributed by atoms with Crippen molar-refractivity contribution in [3.05, 3.63) is 38.8 Å². The number of aromatic nitrogens is 2. The van der Waals surface area contributed by atoms with E-state index in [2.05, 4.69) is 15.3 Å². The Kier molecular flexibility index (Phi) is 4.46. The van der Waals surface area contributed by atoms with Crippen LogP contribution in [-0.4, -0.2) is 28.0 Å². The fraction of sp³-hybridized carbons (Fsp3) is 0.333. The Morgan fingerprint density at radius 3 is 2.95 bits per heavy atom. The molecular weight excluding hydrogens is 280 g/mol. The first-order chi connectivity index (χ1) is 9.61. The van der Waals surface area contributed by atoms with Gasteiger partial charge in [-0.1, -0.05) is 0 Å². The molecule has 106 valence electrons. The van der Waals surface area contributed by atoms with Gasteiger partial charge in [-0.2, -0.15) is 16.3 Å². The van der Waals surface area contributed by atoms with Crippen LogP contribution in [0.2, 0.25) is 0 Å². The van der Waals surface area contributed by atoms with Crippen molar-refractivity contribution in [2.24, 2.45) is 0 Å². The second-order valence-corrected chi connectivity index (χ2v) is 5.00. The van der Waals surface area contributed by atoms with Crippen LogP contribution in [0.5, 0.6) is 5.88 Å². The average Bonchev–Trinajstić information content (AvgIpc) is 2.90. The lowest BCUT2D eigenvalue weighted by Gasteiger charge is -2.14. The predicted molar refractivity (Wildman–Crippen MR) is 76.3 cm³/mol. The van der Waals surface area contributed by atoms with Gasteiger partial charge in [0, 0.05) is 6.04 Å². The summed E-state index contributed by atoms with van der Waals surface area (Å²) in [6, 6.07) is 2.03. The summed E-state index contributed by atoms with van der Waals surface area (Å²) in [4.78, 5) is 18.2. The molecule has 0 radical (unpaired) electrons. The molecule has 0 aliphatic carbocycles. The van der Waals surface area contributed by atoms with Crippen LogP contribution in [0.15, 0.2) is 23.2 Å². The van der Waals surface area contributed by atoms with Crippen molar-refractivity contribution in [1.82, 2.24) is 9.97 Å². The van der Waals surface area contributed by atoms with Crippen LogP contribution >= 0.6 is 11.3 Å². The van der Waals surface area contributed by atoms with Gasteiger partial charge in [-0.05, 0) is 35.7 Å². The molecule has 20 heavy (non-hydrogen) atoms. The minimum absolute atomic E-state index is 0.00269. The third-order valence-electron chi connectivity index (χ3n) is 2.67. The topological polar surface area (TPSA) is 90.2 Å². The van der Waals surface area contributed by atoms with Crippen LogP contribution in [0.4, 0.5) is 11.5 Å². The number of thiophene rings is 1. The number of anilines is 1. The van der Waals surface area contributed by atoms with E-state index < -0.39 is 4.92 Å². The first-order valence-electron chi connectivity index (χ1n) is 5.92. The monoisotopic (exact) mass is 294 g/mol. The molecule has 0 aliphatic heterocycles. The largest absolute Gasteiger partial charge is 0.476 e. The molecule has 1 unspecified atom stereocenters. The summed E-state index contributed by atoms with van der Waals surface area (Å²) in [6.45, 7) is 1.94. The van der Waals surface area contributed by atoms with E-state index in [4.69, 9.17) is 4.74 Å². The number of nitrogens with zero attached hydrogens (tertiary/aromatic N) is 3. The molecule has 2 aromatic heterocycles. The van der Waals surface area contributed by atoms with Gasteiger partial charge in [0.25, 0.3) is 5.88 Å². The lowest BCUT2D eigenvalue weighted by molar-refractivity contribution is -0.385. The molecule has 0 saturated heterocycles. The summed E-state index contributed by atoms with van der Waals surface area (Å²) < 4.78 is 4.90. The SMILES string of the molecule is COc1ncnc(NC(C)Cc2ccsc2)c1[N+](=O)[O-]. The Bertz CT molecular complexity index is 588. The van der Waals surface area contributed by atoms with E-state index >= 15 is 0 Å². The molecule has 7 nitrogen and oxygen atoms in total. The third kappa shape index (κ3) is 3.21. The molecule has 0 amide bonds. The Morgan fingerprint density at radius 1 is 1.55 bits per heavy atom. The van der Waals surface area contributed by atoms with Gasteiger partial charge in [0.2, 0.25) is 5.82 Å². The van der Waals surface area contributed by atoms with Gasteiger partial charge in [0.15, 0.2) is 0 Å². The van der Waals surface area contributed by atoms with Crippen molar-refractivity contribution >= 4 is 22.8 Å². The van der Waals surface area contributed by atoms with Crippen LogP contribution in [0.1, 0.15) is 12.5 Å². The first-order valence-corrected chi connectivity index (χ1v) is 6.87. The molecule has 0 saturated carbocycles. The molecule has 2 aromatic rings. The summed E-state index contributed by atoms with van der Waals surface area (Å²) >= 11 is 1.62. The number of nitro groups is 1. The van der Waals surface area contributed by atoms with Crippen LogP contribution in [0, 0.1) is 10.1 Å². The molecule has 0 bridgehead atoms. The Hall–Kier alpha value is -2.22. The quantitative estimate of drug-likeness (QED) is 0.650.